The van der Waals surface area contributed by atoms with Crippen molar-refractivity contribution in [1.29, 1.82) is 0 Å². The number of aromatic nitrogens is 4. The highest BCUT2D eigenvalue weighted by Gasteiger charge is 2.09. The van der Waals surface area contributed by atoms with E-state index in [9.17, 15) is 4.79 Å². The minimum Gasteiger partial charge on any atom is -0.383 e. The minimum atomic E-state index is -0.368. The maximum atomic E-state index is 11.9. The molecule has 1 amide bonds. The summed E-state index contributed by atoms with van der Waals surface area (Å²) >= 11 is 0. The quantitative estimate of drug-likeness (QED) is 0.496. The third-order valence-corrected chi connectivity index (χ3v) is 2.45. The van der Waals surface area contributed by atoms with Crippen molar-refractivity contribution in [3.05, 3.63) is 30.5 Å². The predicted molar refractivity (Wildman–Crippen MR) is 71.9 cm³/mol. The molecule has 0 aliphatic rings. The van der Waals surface area contributed by atoms with E-state index < -0.39 is 0 Å². The zero-order valence-corrected chi connectivity index (χ0v) is 10.9. The van der Waals surface area contributed by atoms with Crippen LogP contribution in [-0.2, 0) is 11.3 Å². The van der Waals surface area contributed by atoms with Crippen molar-refractivity contribution in [1.82, 2.24) is 19.7 Å². The maximum Gasteiger partial charge on any atom is 0.275 e. The Balaban J connectivity index is 1.97. The number of hydrogen-bond acceptors (Lipinski definition) is 7. The van der Waals surface area contributed by atoms with E-state index in [2.05, 4.69) is 25.8 Å². The van der Waals surface area contributed by atoms with Crippen molar-refractivity contribution in [3.8, 4) is 0 Å². The number of carbonyl (C=O) groups is 1. The smallest absolute Gasteiger partial charge is 0.275 e. The van der Waals surface area contributed by atoms with Crippen LogP contribution in [0.4, 0.5) is 11.5 Å². The number of nitrogens with one attached hydrogen (secondary N) is 2. The van der Waals surface area contributed by atoms with Crippen LogP contribution in [0.1, 0.15) is 10.5 Å². The monoisotopic (exact) mass is 277 g/mol. The third-order valence-electron chi connectivity index (χ3n) is 2.45. The molecule has 0 unspecified atom stereocenters. The van der Waals surface area contributed by atoms with E-state index in [1.807, 2.05) is 0 Å². The molecule has 2 aromatic rings. The number of methoxy groups -OCH3 is 1. The van der Waals surface area contributed by atoms with Gasteiger partial charge in [0.2, 0.25) is 0 Å². The van der Waals surface area contributed by atoms with Crippen LogP contribution in [-0.4, -0.2) is 39.4 Å². The van der Waals surface area contributed by atoms with Crippen LogP contribution in [0.2, 0.25) is 0 Å². The van der Waals surface area contributed by atoms with E-state index >= 15 is 0 Å². The summed E-state index contributed by atoms with van der Waals surface area (Å²) in [4.78, 5) is 19.8. The molecular weight excluding hydrogens is 262 g/mol. The van der Waals surface area contributed by atoms with Gasteiger partial charge in [-0.3, -0.25) is 9.48 Å². The lowest BCUT2D eigenvalue weighted by Gasteiger charge is -2.02. The van der Waals surface area contributed by atoms with Gasteiger partial charge in [-0.2, -0.15) is 5.10 Å². The molecule has 0 bridgehead atoms. The van der Waals surface area contributed by atoms with Crippen molar-refractivity contribution in [2.45, 2.75) is 6.54 Å². The van der Waals surface area contributed by atoms with Crippen molar-refractivity contribution >= 4 is 17.4 Å². The topological polar surface area (TPSA) is 120 Å². The van der Waals surface area contributed by atoms with Gasteiger partial charge in [-0.1, -0.05) is 0 Å². The lowest BCUT2D eigenvalue weighted by atomic mass is 10.4. The van der Waals surface area contributed by atoms with Gasteiger partial charge >= 0.3 is 0 Å². The molecule has 4 N–H and O–H groups in total. The molecule has 0 spiro atoms. The van der Waals surface area contributed by atoms with Gasteiger partial charge < -0.3 is 15.5 Å². The molecule has 0 atom stereocenters. The zero-order valence-electron chi connectivity index (χ0n) is 10.9. The van der Waals surface area contributed by atoms with Gasteiger partial charge in [-0.15, -0.1) is 0 Å². The molecule has 20 heavy (non-hydrogen) atoms. The van der Waals surface area contributed by atoms with Gasteiger partial charge in [-0.25, -0.2) is 15.8 Å². The van der Waals surface area contributed by atoms with E-state index in [-0.39, 0.29) is 11.6 Å². The second-order valence-corrected chi connectivity index (χ2v) is 3.87. The fraction of sp³-hybridized carbons (Fsp3) is 0.273. The van der Waals surface area contributed by atoms with Crippen molar-refractivity contribution in [2.24, 2.45) is 5.84 Å². The van der Waals surface area contributed by atoms with Crippen LogP contribution in [0.3, 0.4) is 0 Å². The van der Waals surface area contributed by atoms with E-state index in [0.29, 0.717) is 24.7 Å². The lowest BCUT2D eigenvalue weighted by Crippen LogP contribution is -2.15. The molecule has 106 valence electrons. The molecule has 0 fully saturated rings. The third kappa shape index (κ3) is 3.49. The molecule has 2 rings (SSSR count). The maximum absolute atomic E-state index is 11.9. The molecule has 0 saturated carbocycles. The first-order valence-corrected chi connectivity index (χ1v) is 5.84. The van der Waals surface area contributed by atoms with Gasteiger partial charge in [-0.05, 0) is 0 Å². The van der Waals surface area contributed by atoms with Crippen LogP contribution >= 0.6 is 0 Å². The van der Waals surface area contributed by atoms with Crippen molar-refractivity contribution in [3.63, 3.8) is 0 Å². The summed E-state index contributed by atoms with van der Waals surface area (Å²) in [6, 6.07) is 0. The van der Waals surface area contributed by atoms with Gasteiger partial charge in [0.05, 0.1) is 37.4 Å². The predicted octanol–water partition coefficient (Wildman–Crippen LogP) is -0.143. The number of rotatable bonds is 6. The van der Waals surface area contributed by atoms with Gasteiger partial charge in [0.25, 0.3) is 5.91 Å². The number of ether oxygens (including phenoxy) is 1. The molecule has 9 nitrogen and oxygen atoms in total. The van der Waals surface area contributed by atoms with Crippen LogP contribution < -0.4 is 16.6 Å². The summed E-state index contributed by atoms with van der Waals surface area (Å²) in [5, 5.41) is 6.76. The first-order chi connectivity index (χ1) is 9.72. The van der Waals surface area contributed by atoms with E-state index in [4.69, 9.17) is 10.6 Å². The summed E-state index contributed by atoms with van der Waals surface area (Å²) in [5.41, 5.74) is 3.10. The largest absolute Gasteiger partial charge is 0.383 e. The minimum absolute atomic E-state index is 0.189. The van der Waals surface area contributed by atoms with Gasteiger partial charge in [0.15, 0.2) is 5.82 Å². The van der Waals surface area contributed by atoms with Crippen LogP contribution in [0.25, 0.3) is 0 Å². The summed E-state index contributed by atoms with van der Waals surface area (Å²) in [7, 11) is 1.62. The second kappa shape index (κ2) is 6.59. The fourth-order valence-electron chi connectivity index (χ4n) is 1.45. The standard InChI is InChI=1S/C11H15N7O2/c1-20-3-2-18-7-8(4-15-18)16-11(19)9-5-14-10(17-12)6-13-9/h4-7H,2-3,12H2,1H3,(H,14,17)(H,16,19). The van der Waals surface area contributed by atoms with Crippen LogP contribution in [0.5, 0.6) is 0 Å². The number of amides is 1. The second-order valence-electron chi connectivity index (χ2n) is 3.87. The number of nitrogen functional groups attached to an aromatic ring is 1. The highest BCUT2D eigenvalue weighted by atomic mass is 16.5. The summed E-state index contributed by atoms with van der Waals surface area (Å²) in [6.07, 6.45) is 5.97. The SMILES string of the molecule is COCCn1cc(NC(=O)c2cnc(NN)cn2)cn1. The molecule has 9 heteroatoms. The molecule has 0 saturated heterocycles. The van der Waals surface area contributed by atoms with Crippen molar-refractivity contribution < 1.29 is 9.53 Å². The average molecular weight is 277 g/mol. The van der Waals surface area contributed by atoms with Crippen molar-refractivity contribution in [2.75, 3.05) is 24.5 Å². The number of nitrogens with two attached hydrogens (primary N) is 1. The van der Waals surface area contributed by atoms with Crippen LogP contribution in [0.15, 0.2) is 24.8 Å². The van der Waals surface area contributed by atoms with Gasteiger partial charge in [0.1, 0.15) is 5.69 Å². The molecule has 0 aliphatic heterocycles. The zero-order chi connectivity index (χ0) is 14.4. The number of anilines is 2. The molecule has 0 aromatic carbocycles. The van der Waals surface area contributed by atoms with Crippen LogP contribution in [0, 0.1) is 0 Å². The van der Waals surface area contributed by atoms with E-state index in [1.54, 1.807) is 24.2 Å². The Morgan fingerprint density at radius 2 is 2.25 bits per heavy atom. The number of hydrazine groups is 1. The number of nitrogens with zero attached hydrogens (tertiary/aromatic N) is 4. The lowest BCUT2D eigenvalue weighted by molar-refractivity contribution is 0.102. The average Bonchev–Trinajstić information content (AvgIpc) is 2.92. The highest BCUT2D eigenvalue weighted by Crippen LogP contribution is 2.07. The Kier molecular flexibility index (Phi) is 4.58. The van der Waals surface area contributed by atoms with Gasteiger partial charge in [0, 0.05) is 13.3 Å². The summed E-state index contributed by atoms with van der Waals surface area (Å²) in [6.45, 7) is 1.16. The Morgan fingerprint density at radius 1 is 1.40 bits per heavy atom. The molecule has 2 heterocycles. The highest BCUT2D eigenvalue weighted by molar-refractivity contribution is 6.02. The fourth-order valence-corrected chi connectivity index (χ4v) is 1.45. The Morgan fingerprint density at radius 3 is 2.90 bits per heavy atom. The number of carbonyl (C=O) groups excluding carboxylic acids is 1. The Labute approximate surface area is 115 Å². The van der Waals surface area contributed by atoms with E-state index in [0.717, 1.165) is 0 Å². The molecule has 0 aliphatic carbocycles. The Hall–Kier alpha value is -2.52. The first-order valence-electron chi connectivity index (χ1n) is 5.84. The summed E-state index contributed by atoms with van der Waals surface area (Å²) in [5.74, 6) is 5.18. The molecule has 2 aromatic heterocycles. The molecular formula is C11H15N7O2. The first kappa shape index (κ1) is 13.9. The van der Waals surface area contributed by atoms with E-state index in [1.165, 1.54) is 12.4 Å². The normalized spacial score (nSPS) is 10.3. The molecule has 0 radical (unpaired) electrons. The Bertz CT molecular complexity index is 566. The summed E-state index contributed by atoms with van der Waals surface area (Å²) < 4.78 is 6.62. The number of hydrogen-bond donors (Lipinski definition) is 3.